The molecule has 0 bridgehead atoms. The van der Waals surface area contributed by atoms with Crippen LogP contribution < -0.4 is 0 Å². The van der Waals surface area contributed by atoms with Gasteiger partial charge in [0.1, 0.15) is 0 Å². The van der Waals surface area contributed by atoms with E-state index in [0.717, 1.165) is 11.4 Å². The van der Waals surface area contributed by atoms with Gasteiger partial charge in [-0.25, -0.2) is 0 Å². The number of hydrogen-bond acceptors (Lipinski definition) is 2. The van der Waals surface area contributed by atoms with Gasteiger partial charge in [-0.3, -0.25) is 4.98 Å². The van der Waals surface area contributed by atoms with Crippen molar-refractivity contribution in [2.75, 3.05) is 0 Å². The van der Waals surface area contributed by atoms with E-state index in [1.165, 1.54) is 10.4 Å². The van der Waals surface area contributed by atoms with E-state index in [-0.39, 0.29) is 20.1 Å². The molecular weight excluding hydrogens is 420 g/mol. The van der Waals surface area contributed by atoms with Crippen molar-refractivity contribution in [2.24, 2.45) is 7.05 Å². The minimum absolute atomic E-state index is 0. The predicted molar refractivity (Wildman–Crippen MR) is 70.8 cm³/mol. The molecule has 18 heavy (non-hydrogen) atoms. The molecule has 0 saturated heterocycles. The van der Waals surface area contributed by atoms with Gasteiger partial charge in [0, 0.05) is 44.4 Å². The molecule has 2 nitrogen and oxygen atoms in total. The Kier molecular flexibility index (Phi) is 4.12. The van der Waals surface area contributed by atoms with Crippen molar-refractivity contribution in [3.05, 3.63) is 54.2 Å². The zero-order valence-electron chi connectivity index (χ0n) is 9.75. The second-order valence-electron chi connectivity index (χ2n) is 3.83. The zero-order chi connectivity index (χ0) is 11.7. The molecule has 3 aromatic rings. The van der Waals surface area contributed by atoms with Gasteiger partial charge in [0.05, 0.1) is 5.82 Å². The third-order valence-corrected chi connectivity index (χ3v) is 3.59. The molecule has 0 atom stereocenters. The Labute approximate surface area is 124 Å². The molecule has 4 heteroatoms. The van der Waals surface area contributed by atoms with Gasteiger partial charge in [0.25, 0.3) is 0 Å². The molecule has 0 fully saturated rings. The standard InChI is InChI=1S/C14H11N2S.Ir/c1-16-8-7-15-14(16)12-5-2-4-11(10-12)13-6-3-9-17-13;/h2-4,6-10H,1H3;/q-1;. The van der Waals surface area contributed by atoms with Crippen LogP contribution in [-0.2, 0) is 27.2 Å². The van der Waals surface area contributed by atoms with Crippen LogP contribution in [0.1, 0.15) is 0 Å². The summed E-state index contributed by atoms with van der Waals surface area (Å²) in [5, 5.41) is 2.09. The van der Waals surface area contributed by atoms with Gasteiger partial charge in [0.2, 0.25) is 0 Å². The second kappa shape index (κ2) is 5.61. The van der Waals surface area contributed by atoms with Crippen molar-refractivity contribution in [2.45, 2.75) is 0 Å². The molecule has 0 amide bonds. The van der Waals surface area contributed by atoms with E-state index in [1.807, 2.05) is 23.9 Å². The van der Waals surface area contributed by atoms with E-state index in [9.17, 15) is 0 Å². The van der Waals surface area contributed by atoms with Gasteiger partial charge < -0.3 is 4.57 Å². The average molecular weight is 432 g/mol. The maximum absolute atomic E-state index is 4.34. The summed E-state index contributed by atoms with van der Waals surface area (Å²) in [4.78, 5) is 5.62. The summed E-state index contributed by atoms with van der Waals surface area (Å²) < 4.78 is 2.00. The maximum Gasteiger partial charge on any atom is 0.0556 e. The molecule has 2 heterocycles. The largest absolute Gasteiger partial charge is 0.373 e. The van der Waals surface area contributed by atoms with Gasteiger partial charge in [-0.1, -0.05) is 11.6 Å². The third-order valence-electron chi connectivity index (χ3n) is 2.67. The van der Waals surface area contributed by atoms with Gasteiger partial charge in [-0.2, -0.15) is 0 Å². The first-order valence-corrected chi connectivity index (χ1v) is 6.26. The molecule has 0 spiro atoms. The summed E-state index contributed by atoms with van der Waals surface area (Å²) in [7, 11) is 1.99. The first-order valence-electron chi connectivity index (χ1n) is 5.38. The summed E-state index contributed by atoms with van der Waals surface area (Å²) in [6, 6.07) is 13.6. The van der Waals surface area contributed by atoms with Crippen molar-refractivity contribution in [1.82, 2.24) is 9.55 Å². The summed E-state index contributed by atoms with van der Waals surface area (Å²) >= 11 is 1.75. The summed E-state index contributed by atoms with van der Waals surface area (Å²) in [5.41, 5.74) is 2.25. The first kappa shape index (κ1) is 13.2. The van der Waals surface area contributed by atoms with Crippen molar-refractivity contribution in [1.29, 1.82) is 0 Å². The van der Waals surface area contributed by atoms with Crippen LogP contribution >= 0.6 is 11.3 Å². The van der Waals surface area contributed by atoms with Crippen LogP contribution in [-0.4, -0.2) is 9.55 Å². The van der Waals surface area contributed by atoms with Crippen LogP contribution in [0.3, 0.4) is 0 Å². The minimum atomic E-state index is 0. The van der Waals surface area contributed by atoms with Crippen molar-refractivity contribution < 1.29 is 20.1 Å². The predicted octanol–water partition coefficient (Wildman–Crippen LogP) is 3.61. The Morgan fingerprint density at radius 3 is 2.89 bits per heavy atom. The van der Waals surface area contributed by atoms with E-state index < -0.39 is 0 Å². The van der Waals surface area contributed by atoms with Crippen molar-refractivity contribution in [3.63, 3.8) is 0 Å². The topological polar surface area (TPSA) is 17.8 Å². The van der Waals surface area contributed by atoms with E-state index in [1.54, 1.807) is 17.5 Å². The van der Waals surface area contributed by atoms with Crippen LogP contribution in [0.4, 0.5) is 0 Å². The van der Waals surface area contributed by atoms with Crippen LogP contribution in [0.25, 0.3) is 21.8 Å². The fourth-order valence-corrected chi connectivity index (χ4v) is 2.54. The van der Waals surface area contributed by atoms with Gasteiger partial charge in [-0.05, 0) is 11.4 Å². The summed E-state index contributed by atoms with van der Waals surface area (Å²) in [5.74, 6) is 0.948. The molecule has 0 aliphatic rings. The molecule has 0 aliphatic heterocycles. The Bertz CT molecular complexity index is 629. The van der Waals surface area contributed by atoms with Crippen molar-refractivity contribution in [3.8, 4) is 21.8 Å². The van der Waals surface area contributed by atoms with Gasteiger partial charge >= 0.3 is 0 Å². The monoisotopic (exact) mass is 432 g/mol. The number of aromatic nitrogens is 2. The molecule has 0 N–H and O–H groups in total. The number of aryl methyl sites for hydroxylation is 1. The Morgan fingerprint density at radius 2 is 2.22 bits per heavy atom. The SMILES string of the molecule is Cn1ccnc1-c1[c-]ccc(-c2cccs2)c1.[Ir]. The number of rotatable bonds is 2. The van der Waals surface area contributed by atoms with Gasteiger partial charge in [0.15, 0.2) is 0 Å². The van der Waals surface area contributed by atoms with Crippen LogP contribution in [0, 0.1) is 6.07 Å². The van der Waals surface area contributed by atoms with E-state index >= 15 is 0 Å². The normalized spacial score (nSPS) is 10.1. The first-order chi connectivity index (χ1) is 8.34. The number of benzene rings is 1. The second-order valence-corrected chi connectivity index (χ2v) is 4.78. The average Bonchev–Trinajstić information content (AvgIpc) is 2.99. The van der Waals surface area contributed by atoms with Gasteiger partial charge in [-0.15, -0.1) is 41.2 Å². The Hall–Kier alpha value is -1.22. The zero-order valence-corrected chi connectivity index (χ0v) is 13.0. The van der Waals surface area contributed by atoms with Crippen LogP contribution in [0.5, 0.6) is 0 Å². The fraction of sp³-hybridized carbons (Fsp3) is 0.0714. The molecule has 0 aliphatic carbocycles. The molecule has 1 aromatic carbocycles. The van der Waals surface area contributed by atoms with E-state index in [4.69, 9.17) is 0 Å². The molecule has 0 saturated carbocycles. The quantitative estimate of drug-likeness (QED) is 0.567. The Morgan fingerprint density at radius 1 is 1.33 bits per heavy atom. The molecule has 3 rings (SSSR count). The van der Waals surface area contributed by atoms with E-state index in [2.05, 4.69) is 40.7 Å². The smallest absolute Gasteiger partial charge is 0.0556 e. The summed E-state index contributed by atoms with van der Waals surface area (Å²) in [6.07, 6.45) is 3.75. The number of thiophene rings is 1. The van der Waals surface area contributed by atoms with Crippen molar-refractivity contribution >= 4 is 11.3 Å². The number of hydrogen-bond donors (Lipinski definition) is 0. The molecule has 0 unspecified atom stereocenters. The Balaban J connectivity index is 0.00000120. The maximum atomic E-state index is 4.34. The molecule has 1 radical (unpaired) electrons. The molecular formula is C14H11IrN2S-. The number of nitrogens with zero attached hydrogens (tertiary/aromatic N) is 2. The van der Waals surface area contributed by atoms with Crippen LogP contribution in [0.15, 0.2) is 48.1 Å². The number of imidazole rings is 1. The van der Waals surface area contributed by atoms with Crippen LogP contribution in [0.2, 0.25) is 0 Å². The third kappa shape index (κ3) is 2.46. The molecule has 2 aromatic heterocycles. The molecule has 93 valence electrons. The minimum Gasteiger partial charge on any atom is -0.373 e. The fourth-order valence-electron chi connectivity index (χ4n) is 1.82. The summed E-state index contributed by atoms with van der Waals surface area (Å²) in [6.45, 7) is 0. The van der Waals surface area contributed by atoms with E-state index in [0.29, 0.717) is 0 Å².